The Hall–Kier alpha value is -0.620. The highest BCUT2D eigenvalue weighted by Crippen LogP contribution is 2.24. The molecular formula is C11H20N2O3S. The lowest BCUT2D eigenvalue weighted by molar-refractivity contribution is -0.127. The smallest absolute Gasteiger partial charge is 0.223 e. The van der Waals surface area contributed by atoms with Gasteiger partial charge < -0.3 is 10.6 Å². The summed E-state index contributed by atoms with van der Waals surface area (Å²) in [5, 5.41) is 6.14. The van der Waals surface area contributed by atoms with Gasteiger partial charge in [0.2, 0.25) is 5.91 Å². The van der Waals surface area contributed by atoms with Gasteiger partial charge in [0.15, 0.2) is 9.84 Å². The van der Waals surface area contributed by atoms with E-state index in [1.807, 2.05) is 6.92 Å². The van der Waals surface area contributed by atoms with Crippen molar-refractivity contribution in [1.82, 2.24) is 10.6 Å². The van der Waals surface area contributed by atoms with Gasteiger partial charge in [0, 0.05) is 5.92 Å². The first-order valence-corrected chi connectivity index (χ1v) is 7.96. The van der Waals surface area contributed by atoms with E-state index in [2.05, 4.69) is 10.6 Å². The summed E-state index contributed by atoms with van der Waals surface area (Å²) in [5.74, 6) is 0.328. The molecule has 1 unspecified atom stereocenters. The molecule has 2 aliphatic rings. The van der Waals surface area contributed by atoms with Crippen LogP contribution in [0.4, 0.5) is 0 Å². The van der Waals surface area contributed by atoms with Crippen LogP contribution in [-0.2, 0) is 14.6 Å². The Morgan fingerprint density at radius 1 is 1.35 bits per heavy atom. The zero-order chi connectivity index (χ0) is 12.5. The number of carbonyl (C=O) groups is 1. The van der Waals surface area contributed by atoms with Gasteiger partial charge in [-0.2, -0.15) is 0 Å². The Balaban J connectivity index is 1.94. The number of amides is 1. The number of hydrogen-bond donors (Lipinski definition) is 2. The van der Waals surface area contributed by atoms with Gasteiger partial charge in [-0.1, -0.05) is 0 Å². The molecule has 0 aromatic rings. The molecule has 1 atom stereocenters. The second-order valence-corrected chi connectivity index (χ2v) is 7.60. The Morgan fingerprint density at radius 2 is 2.00 bits per heavy atom. The summed E-state index contributed by atoms with van der Waals surface area (Å²) in [4.78, 5) is 12.0. The van der Waals surface area contributed by atoms with Crippen LogP contribution in [0.5, 0.6) is 0 Å². The predicted octanol–water partition coefficient (Wildman–Crippen LogP) is -0.321. The first-order valence-electron chi connectivity index (χ1n) is 6.13. The summed E-state index contributed by atoms with van der Waals surface area (Å²) in [6.45, 7) is 3.57. The zero-order valence-corrected chi connectivity index (χ0v) is 11.0. The standard InChI is InChI=1S/C11H20N2O3S/c1-11(4-7-17(15,16)8-11)13-10(14)9-2-5-12-6-3-9/h9,12H,2-8H2,1H3,(H,13,14). The molecule has 0 aliphatic carbocycles. The fourth-order valence-electron chi connectivity index (χ4n) is 2.59. The van der Waals surface area contributed by atoms with Crippen LogP contribution in [-0.4, -0.2) is 44.5 Å². The van der Waals surface area contributed by atoms with E-state index in [9.17, 15) is 13.2 Å². The molecule has 98 valence electrons. The van der Waals surface area contributed by atoms with Gasteiger partial charge in [0.25, 0.3) is 0 Å². The first-order chi connectivity index (χ1) is 7.90. The molecule has 2 rings (SSSR count). The van der Waals surface area contributed by atoms with Crippen molar-refractivity contribution in [3.05, 3.63) is 0 Å². The molecule has 5 nitrogen and oxygen atoms in total. The Labute approximate surface area is 102 Å². The van der Waals surface area contributed by atoms with Gasteiger partial charge >= 0.3 is 0 Å². The Kier molecular flexibility index (Phi) is 3.45. The summed E-state index contributed by atoms with van der Waals surface area (Å²) >= 11 is 0. The number of piperidine rings is 1. The molecule has 6 heteroatoms. The highest BCUT2D eigenvalue weighted by Gasteiger charge is 2.40. The van der Waals surface area contributed by atoms with E-state index in [-0.39, 0.29) is 23.3 Å². The molecule has 2 saturated heterocycles. The maximum absolute atomic E-state index is 12.0. The summed E-state index contributed by atoms with van der Waals surface area (Å²) in [5.41, 5.74) is -0.555. The summed E-state index contributed by atoms with van der Waals surface area (Å²) in [6.07, 6.45) is 2.22. The van der Waals surface area contributed by atoms with Crippen molar-refractivity contribution in [3.63, 3.8) is 0 Å². The summed E-state index contributed by atoms with van der Waals surface area (Å²) in [6, 6.07) is 0. The predicted molar refractivity (Wildman–Crippen MR) is 65.4 cm³/mol. The number of nitrogens with one attached hydrogen (secondary N) is 2. The number of sulfone groups is 1. The van der Waals surface area contributed by atoms with E-state index in [4.69, 9.17) is 0 Å². The maximum Gasteiger partial charge on any atom is 0.223 e. The fraction of sp³-hybridized carbons (Fsp3) is 0.909. The molecule has 0 aromatic heterocycles. The highest BCUT2D eigenvalue weighted by molar-refractivity contribution is 7.91. The molecule has 0 bridgehead atoms. The van der Waals surface area contributed by atoms with E-state index in [1.165, 1.54) is 0 Å². The average Bonchev–Trinajstić information content (AvgIpc) is 2.54. The minimum Gasteiger partial charge on any atom is -0.350 e. The van der Waals surface area contributed by atoms with Gasteiger partial charge in [-0.3, -0.25) is 4.79 Å². The lowest BCUT2D eigenvalue weighted by atomic mass is 9.94. The van der Waals surface area contributed by atoms with Crippen molar-refractivity contribution in [1.29, 1.82) is 0 Å². The van der Waals surface area contributed by atoms with Crippen molar-refractivity contribution in [2.75, 3.05) is 24.6 Å². The van der Waals surface area contributed by atoms with E-state index in [0.717, 1.165) is 25.9 Å². The van der Waals surface area contributed by atoms with Crippen LogP contribution in [0.25, 0.3) is 0 Å². The maximum atomic E-state index is 12.0. The molecule has 0 saturated carbocycles. The quantitative estimate of drug-likeness (QED) is 0.713. The van der Waals surface area contributed by atoms with Crippen molar-refractivity contribution in [2.45, 2.75) is 31.7 Å². The van der Waals surface area contributed by atoms with E-state index >= 15 is 0 Å². The van der Waals surface area contributed by atoms with Crippen LogP contribution in [0.1, 0.15) is 26.2 Å². The first kappa shape index (κ1) is 12.8. The van der Waals surface area contributed by atoms with Crippen molar-refractivity contribution >= 4 is 15.7 Å². The van der Waals surface area contributed by atoms with Crippen LogP contribution >= 0.6 is 0 Å². The normalized spacial score (nSPS) is 33.5. The monoisotopic (exact) mass is 260 g/mol. The van der Waals surface area contributed by atoms with Crippen LogP contribution in [0.2, 0.25) is 0 Å². The molecule has 2 fully saturated rings. The van der Waals surface area contributed by atoms with Crippen LogP contribution in [0, 0.1) is 5.92 Å². The third kappa shape index (κ3) is 3.19. The molecule has 0 aromatic carbocycles. The molecule has 17 heavy (non-hydrogen) atoms. The highest BCUT2D eigenvalue weighted by atomic mass is 32.2. The second-order valence-electron chi connectivity index (χ2n) is 5.42. The van der Waals surface area contributed by atoms with Crippen LogP contribution in [0.3, 0.4) is 0 Å². The van der Waals surface area contributed by atoms with E-state index < -0.39 is 15.4 Å². The molecule has 1 amide bonds. The molecule has 0 spiro atoms. The largest absolute Gasteiger partial charge is 0.350 e. The number of hydrogen-bond acceptors (Lipinski definition) is 4. The molecular weight excluding hydrogens is 240 g/mol. The molecule has 2 aliphatic heterocycles. The Morgan fingerprint density at radius 3 is 2.53 bits per heavy atom. The molecule has 2 heterocycles. The van der Waals surface area contributed by atoms with Gasteiger partial charge in [0.05, 0.1) is 17.0 Å². The zero-order valence-electron chi connectivity index (χ0n) is 10.2. The van der Waals surface area contributed by atoms with Gasteiger partial charge in [-0.15, -0.1) is 0 Å². The van der Waals surface area contributed by atoms with Crippen molar-refractivity contribution in [3.8, 4) is 0 Å². The lowest BCUT2D eigenvalue weighted by Crippen LogP contribution is -2.50. The minimum atomic E-state index is -2.96. The number of rotatable bonds is 2. The van der Waals surface area contributed by atoms with Gasteiger partial charge in [-0.05, 0) is 39.3 Å². The van der Waals surface area contributed by atoms with Crippen molar-refractivity contribution < 1.29 is 13.2 Å². The topological polar surface area (TPSA) is 75.3 Å². The molecule has 0 radical (unpaired) electrons. The van der Waals surface area contributed by atoms with E-state index in [1.54, 1.807) is 0 Å². The minimum absolute atomic E-state index is 0.0195. The van der Waals surface area contributed by atoms with Crippen LogP contribution < -0.4 is 10.6 Å². The summed E-state index contributed by atoms with van der Waals surface area (Å²) < 4.78 is 22.9. The van der Waals surface area contributed by atoms with Gasteiger partial charge in [-0.25, -0.2) is 8.42 Å². The van der Waals surface area contributed by atoms with Gasteiger partial charge in [0.1, 0.15) is 0 Å². The third-order valence-corrected chi connectivity index (χ3v) is 5.54. The van der Waals surface area contributed by atoms with Crippen LogP contribution in [0.15, 0.2) is 0 Å². The van der Waals surface area contributed by atoms with Crippen molar-refractivity contribution in [2.24, 2.45) is 5.92 Å². The SMILES string of the molecule is CC1(NC(=O)C2CCNCC2)CCS(=O)(=O)C1. The lowest BCUT2D eigenvalue weighted by Gasteiger charge is -2.29. The fourth-order valence-corrected chi connectivity index (χ4v) is 4.69. The number of carbonyl (C=O) groups excluding carboxylic acids is 1. The Bertz CT molecular complexity index is 401. The van der Waals surface area contributed by atoms with E-state index in [0.29, 0.717) is 6.42 Å². The average molecular weight is 260 g/mol. The second kappa shape index (κ2) is 4.57. The summed E-state index contributed by atoms with van der Waals surface area (Å²) in [7, 11) is -2.96. The molecule has 2 N–H and O–H groups in total. The third-order valence-electron chi connectivity index (χ3n) is 3.64.